The third-order valence-electron chi connectivity index (χ3n) is 3.26. The maximum atomic E-state index is 12.0. The van der Waals surface area contributed by atoms with Gasteiger partial charge in [0.05, 0.1) is 0 Å². The maximum absolute atomic E-state index is 12.0. The summed E-state index contributed by atoms with van der Waals surface area (Å²) < 4.78 is 0. The molecule has 1 heteroatoms. The molecule has 2 rings (SSSR count). The maximum Gasteiger partial charge on any atom is 0.208 e. The van der Waals surface area contributed by atoms with Gasteiger partial charge in [-0.25, -0.2) is 0 Å². The standard InChI is InChI=1S/C19H18O/c1-16(12-13-17-8-4-2-5-9-17)19(20)15-14-18-10-6-3-7-11-18/h2-11,16H,12-13H2,1H3. The van der Waals surface area contributed by atoms with E-state index in [1.165, 1.54) is 5.56 Å². The van der Waals surface area contributed by atoms with E-state index in [0.717, 1.165) is 18.4 Å². The number of aryl methyl sites for hydroxylation is 1. The van der Waals surface area contributed by atoms with Gasteiger partial charge in [0.2, 0.25) is 5.78 Å². The zero-order valence-electron chi connectivity index (χ0n) is 11.7. The summed E-state index contributed by atoms with van der Waals surface area (Å²) in [5, 5.41) is 0. The van der Waals surface area contributed by atoms with E-state index in [9.17, 15) is 4.79 Å². The Bertz CT molecular complexity index is 602. The Kier molecular flexibility index (Phi) is 5.15. The lowest BCUT2D eigenvalue weighted by Gasteiger charge is -2.06. The normalized spacial score (nSPS) is 11.2. The third-order valence-corrected chi connectivity index (χ3v) is 3.26. The van der Waals surface area contributed by atoms with E-state index in [-0.39, 0.29) is 11.7 Å². The molecule has 1 unspecified atom stereocenters. The molecule has 0 fully saturated rings. The van der Waals surface area contributed by atoms with Crippen LogP contribution in [0.3, 0.4) is 0 Å². The molecule has 0 heterocycles. The molecule has 2 aromatic rings. The van der Waals surface area contributed by atoms with Crippen LogP contribution in [0.15, 0.2) is 60.7 Å². The average molecular weight is 262 g/mol. The molecule has 1 nitrogen and oxygen atoms in total. The van der Waals surface area contributed by atoms with Crippen molar-refractivity contribution in [3.8, 4) is 11.8 Å². The molecule has 0 aliphatic rings. The van der Waals surface area contributed by atoms with Crippen molar-refractivity contribution in [2.24, 2.45) is 5.92 Å². The lowest BCUT2D eigenvalue weighted by Crippen LogP contribution is -2.09. The number of hydrogen-bond acceptors (Lipinski definition) is 1. The molecular formula is C19H18O. The van der Waals surface area contributed by atoms with Crippen LogP contribution in [0.4, 0.5) is 0 Å². The van der Waals surface area contributed by atoms with E-state index < -0.39 is 0 Å². The molecule has 2 aromatic carbocycles. The van der Waals surface area contributed by atoms with E-state index in [0.29, 0.717) is 0 Å². The Morgan fingerprint density at radius 2 is 1.60 bits per heavy atom. The van der Waals surface area contributed by atoms with Crippen molar-refractivity contribution in [2.45, 2.75) is 19.8 Å². The lowest BCUT2D eigenvalue weighted by atomic mass is 9.97. The van der Waals surface area contributed by atoms with Gasteiger partial charge in [0, 0.05) is 11.5 Å². The van der Waals surface area contributed by atoms with Crippen molar-refractivity contribution in [3.63, 3.8) is 0 Å². The van der Waals surface area contributed by atoms with Gasteiger partial charge in [-0.15, -0.1) is 0 Å². The molecule has 0 spiro atoms. The van der Waals surface area contributed by atoms with Crippen LogP contribution in [0.5, 0.6) is 0 Å². The Morgan fingerprint density at radius 1 is 1.00 bits per heavy atom. The Balaban J connectivity index is 1.88. The third kappa shape index (κ3) is 4.40. The highest BCUT2D eigenvalue weighted by atomic mass is 16.1. The highest BCUT2D eigenvalue weighted by Crippen LogP contribution is 2.10. The number of carbonyl (C=O) groups is 1. The van der Waals surface area contributed by atoms with Crippen molar-refractivity contribution in [3.05, 3.63) is 71.8 Å². The molecule has 20 heavy (non-hydrogen) atoms. The van der Waals surface area contributed by atoms with Gasteiger partial charge in [-0.05, 0) is 36.5 Å². The van der Waals surface area contributed by atoms with Crippen LogP contribution in [0.25, 0.3) is 0 Å². The summed E-state index contributed by atoms with van der Waals surface area (Å²) in [6.45, 7) is 1.95. The summed E-state index contributed by atoms with van der Waals surface area (Å²) in [6.07, 6.45) is 1.76. The molecule has 0 aliphatic heterocycles. The van der Waals surface area contributed by atoms with Crippen LogP contribution >= 0.6 is 0 Å². The van der Waals surface area contributed by atoms with Crippen LogP contribution in [0.2, 0.25) is 0 Å². The average Bonchev–Trinajstić information content (AvgIpc) is 2.52. The van der Waals surface area contributed by atoms with Crippen molar-refractivity contribution in [1.82, 2.24) is 0 Å². The van der Waals surface area contributed by atoms with Crippen LogP contribution in [-0.4, -0.2) is 5.78 Å². The summed E-state index contributed by atoms with van der Waals surface area (Å²) in [5.74, 6) is 5.67. The largest absolute Gasteiger partial charge is 0.285 e. The summed E-state index contributed by atoms with van der Waals surface area (Å²) >= 11 is 0. The fourth-order valence-electron chi connectivity index (χ4n) is 1.94. The van der Waals surface area contributed by atoms with Gasteiger partial charge in [0.1, 0.15) is 0 Å². The predicted octanol–water partition coefficient (Wildman–Crippen LogP) is 3.88. The van der Waals surface area contributed by atoms with Gasteiger partial charge in [-0.3, -0.25) is 4.79 Å². The van der Waals surface area contributed by atoms with Crippen molar-refractivity contribution < 1.29 is 4.79 Å². The van der Waals surface area contributed by atoms with Crippen LogP contribution in [-0.2, 0) is 11.2 Å². The Hall–Kier alpha value is -2.33. The number of carbonyl (C=O) groups excluding carboxylic acids is 1. The monoisotopic (exact) mass is 262 g/mol. The molecule has 0 radical (unpaired) electrons. The van der Waals surface area contributed by atoms with Gasteiger partial charge in [-0.2, -0.15) is 0 Å². The van der Waals surface area contributed by atoms with E-state index in [4.69, 9.17) is 0 Å². The van der Waals surface area contributed by atoms with Gasteiger partial charge in [0.25, 0.3) is 0 Å². The van der Waals surface area contributed by atoms with Gasteiger partial charge < -0.3 is 0 Å². The zero-order valence-corrected chi connectivity index (χ0v) is 11.7. The summed E-state index contributed by atoms with van der Waals surface area (Å²) in [4.78, 5) is 12.0. The fourth-order valence-corrected chi connectivity index (χ4v) is 1.94. The van der Waals surface area contributed by atoms with E-state index in [2.05, 4.69) is 24.0 Å². The first-order valence-corrected chi connectivity index (χ1v) is 6.90. The van der Waals surface area contributed by atoms with E-state index in [1.54, 1.807) is 0 Å². The van der Waals surface area contributed by atoms with E-state index >= 15 is 0 Å². The van der Waals surface area contributed by atoms with Crippen LogP contribution in [0, 0.1) is 17.8 Å². The van der Waals surface area contributed by atoms with Gasteiger partial charge in [0.15, 0.2) is 0 Å². The minimum absolute atomic E-state index is 0.0183. The summed E-state index contributed by atoms with van der Waals surface area (Å²) in [6, 6.07) is 19.8. The molecular weight excluding hydrogens is 244 g/mol. The molecule has 0 amide bonds. The number of rotatable bonds is 4. The van der Waals surface area contributed by atoms with Crippen molar-refractivity contribution in [1.29, 1.82) is 0 Å². The smallest absolute Gasteiger partial charge is 0.208 e. The minimum Gasteiger partial charge on any atom is -0.285 e. The molecule has 0 aliphatic carbocycles. The highest BCUT2D eigenvalue weighted by molar-refractivity contribution is 5.97. The molecule has 0 saturated carbocycles. The number of benzene rings is 2. The summed E-state index contributed by atoms with van der Waals surface area (Å²) in [5.41, 5.74) is 2.15. The van der Waals surface area contributed by atoms with Gasteiger partial charge >= 0.3 is 0 Å². The predicted molar refractivity (Wildman–Crippen MR) is 82.3 cm³/mol. The molecule has 0 N–H and O–H groups in total. The van der Waals surface area contributed by atoms with Gasteiger partial charge in [-0.1, -0.05) is 61.4 Å². The molecule has 0 aromatic heterocycles. The number of Topliss-reactive ketones (excluding diaryl/α,β-unsaturated/α-hetero) is 1. The van der Waals surface area contributed by atoms with E-state index in [1.807, 2.05) is 55.5 Å². The number of hydrogen-bond donors (Lipinski definition) is 0. The minimum atomic E-state index is -0.0218. The van der Waals surface area contributed by atoms with Crippen LogP contribution < -0.4 is 0 Å². The lowest BCUT2D eigenvalue weighted by molar-refractivity contribution is -0.117. The van der Waals surface area contributed by atoms with Crippen molar-refractivity contribution >= 4 is 5.78 Å². The second-order valence-electron chi connectivity index (χ2n) is 4.91. The zero-order chi connectivity index (χ0) is 14.2. The Morgan fingerprint density at radius 3 is 2.25 bits per heavy atom. The molecule has 100 valence electrons. The highest BCUT2D eigenvalue weighted by Gasteiger charge is 2.10. The first kappa shape index (κ1) is 14.1. The second-order valence-corrected chi connectivity index (χ2v) is 4.91. The van der Waals surface area contributed by atoms with Crippen molar-refractivity contribution in [2.75, 3.05) is 0 Å². The molecule has 0 bridgehead atoms. The summed E-state index contributed by atoms with van der Waals surface area (Å²) in [7, 11) is 0. The topological polar surface area (TPSA) is 17.1 Å². The quantitative estimate of drug-likeness (QED) is 0.764. The molecule has 1 atom stereocenters. The second kappa shape index (κ2) is 7.31. The Labute approximate surface area is 120 Å². The first-order valence-electron chi connectivity index (χ1n) is 6.90. The fraction of sp³-hybridized carbons (Fsp3) is 0.211. The number of ketones is 1. The SMILES string of the molecule is CC(CCc1ccccc1)C(=O)C#Cc1ccccc1. The van der Waals surface area contributed by atoms with Crippen LogP contribution in [0.1, 0.15) is 24.5 Å². The molecule has 0 saturated heterocycles. The first-order chi connectivity index (χ1) is 9.75.